The first-order valence-corrected chi connectivity index (χ1v) is 6.00. The molecule has 0 unspecified atom stereocenters. The number of alkyl halides is 3. The summed E-state index contributed by atoms with van der Waals surface area (Å²) in [5.74, 6) is -0.648. The number of nitrogens with one attached hydrogen (secondary N) is 2. The Hall–Kier alpha value is -2.57. The number of amides is 1. The Labute approximate surface area is 117 Å². The molecule has 4 nitrogen and oxygen atoms in total. The molecule has 1 aromatic heterocycles. The average Bonchev–Trinajstić information content (AvgIpc) is 2.44. The predicted octanol–water partition coefficient (Wildman–Crippen LogP) is 2.32. The number of carbonyl (C=O) groups excluding carboxylic acids is 1. The molecule has 0 atom stereocenters. The third-order valence-electron chi connectivity index (χ3n) is 2.78. The van der Waals surface area contributed by atoms with Crippen LogP contribution in [-0.4, -0.2) is 10.9 Å². The fourth-order valence-corrected chi connectivity index (χ4v) is 1.80. The zero-order valence-electron chi connectivity index (χ0n) is 10.7. The third-order valence-corrected chi connectivity index (χ3v) is 2.78. The van der Waals surface area contributed by atoms with Crippen molar-refractivity contribution in [2.45, 2.75) is 12.7 Å². The Morgan fingerprint density at radius 1 is 1.10 bits per heavy atom. The minimum atomic E-state index is -4.48. The highest BCUT2D eigenvalue weighted by Gasteiger charge is 2.32. The van der Waals surface area contributed by atoms with Gasteiger partial charge in [-0.05, 0) is 17.7 Å². The van der Waals surface area contributed by atoms with Crippen LogP contribution < -0.4 is 10.9 Å². The zero-order chi connectivity index (χ0) is 15.5. The van der Waals surface area contributed by atoms with Gasteiger partial charge >= 0.3 is 6.18 Å². The SMILES string of the molecule is O=C(NCc1ccccc1C(F)(F)F)c1cccc(=O)[nH]1. The minimum absolute atomic E-state index is 0.00742. The molecule has 21 heavy (non-hydrogen) atoms. The van der Waals surface area contributed by atoms with Crippen molar-refractivity contribution >= 4 is 5.91 Å². The summed E-state index contributed by atoms with van der Waals surface area (Å²) in [7, 11) is 0. The molecule has 0 aliphatic heterocycles. The molecule has 0 saturated carbocycles. The van der Waals surface area contributed by atoms with Gasteiger partial charge in [0.2, 0.25) is 5.56 Å². The Morgan fingerprint density at radius 3 is 2.48 bits per heavy atom. The number of hydrogen-bond donors (Lipinski definition) is 2. The van der Waals surface area contributed by atoms with Crippen LogP contribution in [-0.2, 0) is 12.7 Å². The van der Waals surface area contributed by atoms with Gasteiger partial charge in [-0.15, -0.1) is 0 Å². The van der Waals surface area contributed by atoms with Crippen LogP contribution in [0.15, 0.2) is 47.3 Å². The van der Waals surface area contributed by atoms with E-state index in [0.29, 0.717) is 0 Å². The normalized spacial score (nSPS) is 11.2. The number of H-pyrrole nitrogens is 1. The standard InChI is InChI=1S/C14H11F3N2O2/c15-14(16,17)10-5-2-1-4-9(10)8-18-13(21)11-6-3-7-12(20)19-11/h1-7H,8H2,(H,18,21)(H,19,20). The first-order valence-electron chi connectivity index (χ1n) is 6.00. The summed E-state index contributed by atoms with van der Waals surface area (Å²) in [6.45, 7) is -0.286. The first-order chi connectivity index (χ1) is 9.88. The van der Waals surface area contributed by atoms with Gasteiger partial charge in [-0.25, -0.2) is 0 Å². The van der Waals surface area contributed by atoms with Crippen LogP contribution in [0.3, 0.4) is 0 Å². The molecule has 1 heterocycles. The first kappa shape index (κ1) is 14.8. The van der Waals surface area contributed by atoms with Crippen molar-refractivity contribution < 1.29 is 18.0 Å². The molecule has 0 radical (unpaired) electrons. The predicted molar refractivity (Wildman–Crippen MR) is 69.7 cm³/mol. The molecule has 0 saturated heterocycles. The molecule has 2 rings (SSSR count). The number of carbonyl (C=O) groups is 1. The second-order valence-corrected chi connectivity index (χ2v) is 4.27. The van der Waals surface area contributed by atoms with Gasteiger partial charge in [0.25, 0.3) is 5.91 Å². The Bertz CT molecular complexity index is 708. The summed E-state index contributed by atoms with van der Waals surface area (Å²) in [4.78, 5) is 25.1. The van der Waals surface area contributed by atoms with Gasteiger partial charge in [0.15, 0.2) is 0 Å². The summed E-state index contributed by atoms with van der Waals surface area (Å²) in [5.41, 5.74) is -1.31. The van der Waals surface area contributed by atoms with Crippen LogP contribution >= 0.6 is 0 Å². The highest BCUT2D eigenvalue weighted by Crippen LogP contribution is 2.31. The second-order valence-electron chi connectivity index (χ2n) is 4.27. The summed E-state index contributed by atoms with van der Waals surface area (Å²) >= 11 is 0. The lowest BCUT2D eigenvalue weighted by Gasteiger charge is -2.13. The summed E-state index contributed by atoms with van der Waals surface area (Å²) in [6, 6.07) is 8.96. The number of pyridine rings is 1. The van der Waals surface area contributed by atoms with Crippen LogP contribution in [0.25, 0.3) is 0 Å². The smallest absolute Gasteiger partial charge is 0.347 e. The molecule has 0 bridgehead atoms. The molecule has 0 spiro atoms. The Morgan fingerprint density at radius 2 is 1.81 bits per heavy atom. The molecular formula is C14H11F3N2O2. The van der Waals surface area contributed by atoms with Gasteiger partial charge in [0, 0.05) is 12.6 Å². The number of aromatic nitrogens is 1. The van der Waals surface area contributed by atoms with Crippen molar-refractivity contribution in [2.75, 3.05) is 0 Å². The van der Waals surface area contributed by atoms with Crippen molar-refractivity contribution in [3.05, 3.63) is 69.6 Å². The number of hydrogen-bond acceptors (Lipinski definition) is 2. The maximum atomic E-state index is 12.8. The van der Waals surface area contributed by atoms with E-state index in [1.54, 1.807) is 0 Å². The maximum absolute atomic E-state index is 12.8. The topological polar surface area (TPSA) is 62.0 Å². The van der Waals surface area contributed by atoms with E-state index in [0.717, 1.165) is 6.07 Å². The van der Waals surface area contributed by atoms with Gasteiger partial charge in [-0.2, -0.15) is 13.2 Å². The van der Waals surface area contributed by atoms with E-state index >= 15 is 0 Å². The monoisotopic (exact) mass is 296 g/mol. The molecule has 0 aliphatic rings. The van der Waals surface area contributed by atoms with Crippen molar-refractivity contribution in [3.63, 3.8) is 0 Å². The maximum Gasteiger partial charge on any atom is 0.416 e. The molecule has 1 aromatic carbocycles. The second kappa shape index (κ2) is 5.82. The lowest BCUT2D eigenvalue weighted by Crippen LogP contribution is -2.26. The van der Waals surface area contributed by atoms with E-state index in [1.807, 2.05) is 0 Å². The van der Waals surface area contributed by atoms with Crippen LogP contribution in [0.1, 0.15) is 21.6 Å². The highest BCUT2D eigenvalue weighted by molar-refractivity contribution is 5.92. The van der Waals surface area contributed by atoms with Gasteiger partial charge < -0.3 is 10.3 Å². The van der Waals surface area contributed by atoms with E-state index in [9.17, 15) is 22.8 Å². The van der Waals surface area contributed by atoms with Crippen molar-refractivity contribution in [2.24, 2.45) is 0 Å². The number of rotatable bonds is 3. The molecule has 1 amide bonds. The Balaban J connectivity index is 2.14. The summed E-state index contributed by atoms with van der Waals surface area (Å²) in [5, 5.41) is 2.35. The van der Waals surface area contributed by atoms with Gasteiger partial charge in [0.05, 0.1) is 5.56 Å². The molecular weight excluding hydrogens is 285 g/mol. The molecule has 110 valence electrons. The fraction of sp³-hybridized carbons (Fsp3) is 0.143. The van der Waals surface area contributed by atoms with E-state index in [2.05, 4.69) is 10.3 Å². The Kier molecular flexibility index (Phi) is 4.11. The summed E-state index contributed by atoms with van der Waals surface area (Å²) < 4.78 is 38.4. The van der Waals surface area contributed by atoms with Gasteiger partial charge in [-0.1, -0.05) is 24.3 Å². The number of aromatic amines is 1. The molecule has 2 aromatic rings. The number of halogens is 3. The van der Waals surface area contributed by atoms with Crippen LogP contribution in [0.2, 0.25) is 0 Å². The molecule has 7 heteroatoms. The average molecular weight is 296 g/mol. The van der Waals surface area contributed by atoms with E-state index < -0.39 is 23.2 Å². The molecule has 2 N–H and O–H groups in total. The van der Waals surface area contributed by atoms with Crippen LogP contribution in [0.4, 0.5) is 13.2 Å². The minimum Gasteiger partial charge on any atom is -0.347 e. The van der Waals surface area contributed by atoms with Gasteiger partial charge in [0.1, 0.15) is 5.69 Å². The highest BCUT2D eigenvalue weighted by atomic mass is 19.4. The van der Waals surface area contributed by atoms with E-state index in [-0.39, 0.29) is 17.8 Å². The fourth-order valence-electron chi connectivity index (χ4n) is 1.80. The number of benzene rings is 1. The van der Waals surface area contributed by atoms with Crippen molar-refractivity contribution in [3.8, 4) is 0 Å². The van der Waals surface area contributed by atoms with Gasteiger partial charge in [-0.3, -0.25) is 9.59 Å². The zero-order valence-corrected chi connectivity index (χ0v) is 10.7. The van der Waals surface area contributed by atoms with E-state index in [4.69, 9.17) is 0 Å². The third kappa shape index (κ3) is 3.71. The van der Waals surface area contributed by atoms with Crippen LogP contribution in [0.5, 0.6) is 0 Å². The molecule has 0 fully saturated rings. The summed E-state index contributed by atoms with van der Waals surface area (Å²) in [6.07, 6.45) is -4.48. The molecule has 0 aliphatic carbocycles. The largest absolute Gasteiger partial charge is 0.416 e. The van der Waals surface area contributed by atoms with E-state index in [1.165, 1.54) is 36.4 Å². The van der Waals surface area contributed by atoms with Crippen molar-refractivity contribution in [1.82, 2.24) is 10.3 Å². The van der Waals surface area contributed by atoms with Crippen LogP contribution in [0, 0.1) is 0 Å². The van der Waals surface area contributed by atoms with Crippen molar-refractivity contribution in [1.29, 1.82) is 0 Å². The lowest BCUT2D eigenvalue weighted by molar-refractivity contribution is -0.138. The quantitative estimate of drug-likeness (QED) is 0.913. The lowest BCUT2D eigenvalue weighted by atomic mass is 10.1.